The van der Waals surface area contributed by atoms with Gasteiger partial charge in [0.1, 0.15) is 0 Å². The van der Waals surface area contributed by atoms with E-state index in [1.54, 1.807) is 12.5 Å². The topological polar surface area (TPSA) is 25.2 Å². The van der Waals surface area contributed by atoms with Crippen molar-refractivity contribution in [1.82, 2.24) is 5.32 Å². The molecule has 96 valence electrons. The van der Waals surface area contributed by atoms with Crippen LogP contribution < -0.4 is 5.32 Å². The predicted octanol–water partition coefficient (Wildman–Crippen LogP) is 4.13. The Morgan fingerprint density at radius 1 is 1.33 bits per heavy atom. The highest BCUT2D eigenvalue weighted by atomic mass is 35.5. The third kappa shape index (κ3) is 3.15. The summed E-state index contributed by atoms with van der Waals surface area (Å²) in [5.41, 5.74) is 3.50. The van der Waals surface area contributed by atoms with E-state index >= 15 is 0 Å². The van der Waals surface area contributed by atoms with Gasteiger partial charge in [-0.15, -0.1) is 0 Å². The van der Waals surface area contributed by atoms with Crippen molar-refractivity contribution in [2.75, 3.05) is 6.54 Å². The second-order valence-electron chi connectivity index (χ2n) is 4.47. The minimum absolute atomic E-state index is 0.223. The molecule has 1 heterocycles. The fourth-order valence-electron chi connectivity index (χ4n) is 2.10. The molecule has 1 atom stereocenters. The van der Waals surface area contributed by atoms with Gasteiger partial charge in [0.2, 0.25) is 0 Å². The van der Waals surface area contributed by atoms with E-state index in [1.165, 1.54) is 11.1 Å². The van der Waals surface area contributed by atoms with Crippen molar-refractivity contribution < 1.29 is 4.42 Å². The molecule has 18 heavy (non-hydrogen) atoms. The van der Waals surface area contributed by atoms with Gasteiger partial charge in [-0.1, -0.05) is 30.7 Å². The third-order valence-corrected chi connectivity index (χ3v) is 3.33. The van der Waals surface area contributed by atoms with Gasteiger partial charge in [0, 0.05) is 11.1 Å². The number of benzene rings is 1. The highest BCUT2D eigenvalue weighted by Crippen LogP contribution is 2.26. The summed E-state index contributed by atoms with van der Waals surface area (Å²) < 4.78 is 5.12. The van der Waals surface area contributed by atoms with Crippen LogP contribution in [0.2, 0.25) is 5.02 Å². The van der Waals surface area contributed by atoms with Crippen LogP contribution in [0.15, 0.2) is 41.2 Å². The minimum atomic E-state index is 0.223. The van der Waals surface area contributed by atoms with Crippen molar-refractivity contribution in [1.29, 1.82) is 0 Å². The highest BCUT2D eigenvalue weighted by Gasteiger charge is 2.15. The number of nitrogens with one attached hydrogen (secondary N) is 1. The van der Waals surface area contributed by atoms with Crippen LogP contribution in [0.4, 0.5) is 0 Å². The molecule has 1 unspecified atom stereocenters. The van der Waals surface area contributed by atoms with Gasteiger partial charge in [-0.2, -0.15) is 0 Å². The minimum Gasteiger partial charge on any atom is -0.472 e. The lowest BCUT2D eigenvalue weighted by Crippen LogP contribution is -2.23. The average molecular weight is 264 g/mol. The maximum atomic E-state index is 6.34. The Kier molecular flexibility index (Phi) is 4.45. The SMILES string of the molecule is CCNC(Cc1ccoc1)c1ccc(C)cc1Cl. The van der Waals surface area contributed by atoms with E-state index in [0.717, 1.165) is 23.6 Å². The Morgan fingerprint density at radius 3 is 2.78 bits per heavy atom. The molecule has 0 bridgehead atoms. The smallest absolute Gasteiger partial charge is 0.0935 e. The number of hydrogen-bond donors (Lipinski definition) is 1. The monoisotopic (exact) mass is 263 g/mol. The van der Waals surface area contributed by atoms with E-state index in [1.807, 2.05) is 19.1 Å². The molecule has 0 aliphatic heterocycles. The lowest BCUT2D eigenvalue weighted by atomic mass is 9.99. The molecule has 0 radical (unpaired) electrons. The first-order valence-electron chi connectivity index (χ1n) is 6.21. The zero-order valence-electron chi connectivity index (χ0n) is 10.7. The molecule has 2 nitrogen and oxygen atoms in total. The van der Waals surface area contributed by atoms with E-state index in [9.17, 15) is 0 Å². The molecule has 2 aromatic rings. The maximum absolute atomic E-state index is 6.34. The lowest BCUT2D eigenvalue weighted by Gasteiger charge is -2.19. The normalized spacial score (nSPS) is 12.6. The zero-order chi connectivity index (χ0) is 13.0. The number of likely N-dealkylation sites (N-methyl/N-ethyl adjacent to an activating group) is 1. The van der Waals surface area contributed by atoms with Crippen LogP contribution in [-0.4, -0.2) is 6.54 Å². The summed E-state index contributed by atoms with van der Waals surface area (Å²) in [5, 5.41) is 4.29. The molecule has 3 heteroatoms. The molecule has 0 saturated heterocycles. The van der Waals surface area contributed by atoms with Crippen molar-refractivity contribution in [3.8, 4) is 0 Å². The quantitative estimate of drug-likeness (QED) is 0.877. The molecule has 1 N–H and O–H groups in total. The van der Waals surface area contributed by atoms with Gasteiger partial charge in [-0.25, -0.2) is 0 Å². The Bertz CT molecular complexity index is 493. The number of furan rings is 1. The Labute approximate surface area is 113 Å². The van der Waals surface area contributed by atoms with Crippen LogP contribution >= 0.6 is 11.6 Å². The van der Waals surface area contributed by atoms with E-state index in [0.29, 0.717) is 0 Å². The van der Waals surface area contributed by atoms with Crippen molar-refractivity contribution in [2.45, 2.75) is 26.3 Å². The summed E-state index contributed by atoms with van der Waals surface area (Å²) in [6.07, 6.45) is 4.37. The van der Waals surface area contributed by atoms with Gasteiger partial charge in [-0.3, -0.25) is 0 Å². The number of halogens is 1. The van der Waals surface area contributed by atoms with E-state index in [2.05, 4.69) is 24.4 Å². The number of hydrogen-bond acceptors (Lipinski definition) is 2. The Hall–Kier alpha value is -1.25. The number of rotatable bonds is 5. The Balaban J connectivity index is 2.23. The van der Waals surface area contributed by atoms with Crippen LogP contribution in [0.3, 0.4) is 0 Å². The van der Waals surface area contributed by atoms with Crippen molar-refractivity contribution >= 4 is 11.6 Å². The van der Waals surface area contributed by atoms with Gasteiger partial charge in [0.25, 0.3) is 0 Å². The molecule has 0 saturated carbocycles. The molecule has 0 fully saturated rings. The average Bonchev–Trinajstić information content (AvgIpc) is 2.81. The first kappa shape index (κ1) is 13.2. The van der Waals surface area contributed by atoms with Crippen molar-refractivity contribution in [2.24, 2.45) is 0 Å². The standard InChI is InChI=1S/C15H18ClNO/c1-3-17-15(9-12-6-7-18-10-12)13-5-4-11(2)8-14(13)16/h4-8,10,15,17H,3,9H2,1-2H3. The van der Waals surface area contributed by atoms with Crippen LogP contribution in [0.5, 0.6) is 0 Å². The van der Waals surface area contributed by atoms with Gasteiger partial charge >= 0.3 is 0 Å². The van der Waals surface area contributed by atoms with Crippen LogP contribution in [-0.2, 0) is 6.42 Å². The van der Waals surface area contributed by atoms with Crippen molar-refractivity contribution in [3.63, 3.8) is 0 Å². The molecule has 2 rings (SSSR count). The second-order valence-corrected chi connectivity index (χ2v) is 4.88. The van der Waals surface area contributed by atoms with E-state index < -0.39 is 0 Å². The van der Waals surface area contributed by atoms with Crippen LogP contribution in [0.25, 0.3) is 0 Å². The largest absolute Gasteiger partial charge is 0.472 e. The molecular weight excluding hydrogens is 246 g/mol. The maximum Gasteiger partial charge on any atom is 0.0935 e. The summed E-state index contributed by atoms with van der Waals surface area (Å²) in [6.45, 7) is 5.06. The summed E-state index contributed by atoms with van der Waals surface area (Å²) in [4.78, 5) is 0. The molecule has 0 amide bonds. The van der Waals surface area contributed by atoms with Crippen LogP contribution in [0.1, 0.15) is 29.7 Å². The van der Waals surface area contributed by atoms with Crippen LogP contribution in [0, 0.1) is 6.92 Å². The van der Waals surface area contributed by atoms with Gasteiger partial charge in [0.05, 0.1) is 12.5 Å². The molecule has 0 spiro atoms. The first-order chi connectivity index (χ1) is 8.70. The fourth-order valence-corrected chi connectivity index (χ4v) is 2.46. The van der Waals surface area contributed by atoms with Gasteiger partial charge < -0.3 is 9.73 Å². The number of aryl methyl sites for hydroxylation is 1. The predicted molar refractivity (Wildman–Crippen MR) is 75.0 cm³/mol. The van der Waals surface area contributed by atoms with Gasteiger partial charge in [0.15, 0.2) is 0 Å². The van der Waals surface area contributed by atoms with Gasteiger partial charge in [-0.05, 0) is 48.7 Å². The molecule has 0 aliphatic rings. The molecule has 0 aliphatic carbocycles. The van der Waals surface area contributed by atoms with Crippen molar-refractivity contribution in [3.05, 3.63) is 58.5 Å². The summed E-state index contributed by atoms with van der Waals surface area (Å²) in [6, 6.07) is 8.43. The summed E-state index contributed by atoms with van der Waals surface area (Å²) in [7, 11) is 0. The zero-order valence-corrected chi connectivity index (χ0v) is 11.5. The van der Waals surface area contributed by atoms with E-state index in [-0.39, 0.29) is 6.04 Å². The van der Waals surface area contributed by atoms with E-state index in [4.69, 9.17) is 16.0 Å². The lowest BCUT2D eigenvalue weighted by molar-refractivity contribution is 0.535. The molecule has 1 aromatic carbocycles. The highest BCUT2D eigenvalue weighted by molar-refractivity contribution is 6.31. The molecular formula is C15H18ClNO. The first-order valence-corrected chi connectivity index (χ1v) is 6.59. The summed E-state index contributed by atoms with van der Waals surface area (Å²) in [5.74, 6) is 0. The second kappa shape index (κ2) is 6.07. The Morgan fingerprint density at radius 2 is 2.17 bits per heavy atom. The third-order valence-electron chi connectivity index (χ3n) is 3.00. The fraction of sp³-hybridized carbons (Fsp3) is 0.333. The molecule has 1 aromatic heterocycles. The summed E-state index contributed by atoms with van der Waals surface area (Å²) >= 11 is 6.34.